The van der Waals surface area contributed by atoms with Crippen LogP contribution >= 0.6 is 23.1 Å². The Hall–Kier alpha value is -2.11. The molecule has 1 heterocycles. The molecular formula is C18H16N2OS2. The molecule has 0 spiro atoms. The number of anilines is 1. The second-order valence-corrected chi connectivity index (χ2v) is 7.09. The highest BCUT2D eigenvalue weighted by molar-refractivity contribution is 8.00. The first kappa shape index (κ1) is 15.8. The predicted molar refractivity (Wildman–Crippen MR) is 98.1 cm³/mol. The van der Waals surface area contributed by atoms with Gasteiger partial charge in [0.15, 0.2) is 0 Å². The third-order valence-electron chi connectivity index (χ3n) is 3.20. The molecule has 3 rings (SSSR count). The van der Waals surface area contributed by atoms with Crippen molar-refractivity contribution in [3.05, 3.63) is 65.0 Å². The maximum Gasteiger partial charge on any atom is 0.234 e. The first-order valence-corrected chi connectivity index (χ1v) is 9.07. The monoisotopic (exact) mass is 340 g/mol. The van der Waals surface area contributed by atoms with Crippen LogP contribution in [0.5, 0.6) is 0 Å². The Morgan fingerprint density at radius 3 is 2.52 bits per heavy atom. The van der Waals surface area contributed by atoms with E-state index in [0.29, 0.717) is 5.75 Å². The number of nitrogens with one attached hydrogen (secondary N) is 1. The standard InChI is InChI=1S/C18H16N2OS2/c1-13-19-17(11-22-13)14-7-9-15(10-8-14)20-18(21)12-23-16-5-3-2-4-6-16/h2-11H,12H2,1H3,(H,20,21). The lowest BCUT2D eigenvalue weighted by Gasteiger charge is -2.06. The quantitative estimate of drug-likeness (QED) is 0.675. The maximum atomic E-state index is 12.0. The summed E-state index contributed by atoms with van der Waals surface area (Å²) >= 11 is 3.16. The lowest BCUT2D eigenvalue weighted by atomic mass is 10.1. The van der Waals surface area contributed by atoms with Gasteiger partial charge in [-0.15, -0.1) is 23.1 Å². The van der Waals surface area contributed by atoms with Crippen molar-refractivity contribution in [2.24, 2.45) is 0 Å². The van der Waals surface area contributed by atoms with Crippen LogP contribution in [0.1, 0.15) is 5.01 Å². The zero-order valence-corrected chi connectivity index (χ0v) is 14.3. The van der Waals surface area contributed by atoms with Crippen LogP contribution in [0.4, 0.5) is 5.69 Å². The van der Waals surface area contributed by atoms with Crippen molar-refractivity contribution in [1.29, 1.82) is 0 Å². The van der Waals surface area contributed by atoms with Crippen LogP contribution in [0.2, 0.25) is 0 Å². The van der Waals surface area contributed by atoms with Crippen LogP contribution in [0.3, 0.4) is 0 Å². The second-order valence-electron chi connectivity index (χ2n) is 4.98. The van der Waals surface area contributed by atoms with Gasteiger partial charge in [-0.2, -0.15) is 0 Å². The van der Waals surface area contributed by atoms with E-state index in [1.807, 2.05) is 66.9 Å². The molecule has 1 aromatic heterocycles. The Morgan fingerprint density at radius 2 is 1.87 bits per heavy atom. The third-order valence-corrected chi connectivity index (χ3v) is 4.98. The molecule has 0 fully saturated rings. The largest absolute Gasteiger partial charge is 0.325 e. The van der Waals surface area contributed by atoms with Gasteiger partial charge in [-0.3, -0.25) is 4.79 Å². The number of benzene rings is 2. The number of rotatable bonds is 5. The van der Waals surface area contributed by atoms with Gasteiger partial charge in [-0.25, -0.2) is 4.98 Å². The Labute approximate surface area is 143 Å². The first-order chi connectivity index (χ1) is 11.2. The Balaban J connectivity index is 1.56. The summed E-state index contributed by atoms with van der Waals surface area (Å²) in [6.07, 6.45) is 0. The van der Waals surface area contributed by atoms with E-state index in [2.05, 4.69) is 10.3 Å². The summed E-state index contributed by atoms with van der Waals surface area (Å²) in [5.41, 5.74) is 2.84. The van der Waals surface area contributed by atoms with E-state index in [4.69, 9.17) is 0 Å². The van der Waals surface area contributed by atoms with E-state index >= 15 is 0 Å². The molecule has 1 amide bonds. The van der Waals surface area contributed by atoms with Crippen LogP contribution in [-0.2, 0) is 4.79 Å². The van der Waals surface area contributed by atoms with Crippen LogP contribution in [-0.4, -0.2) is 16.6 Å². The molecule has 0 radical (unpaired) electrons. The van der Waals surface area contributed by atoms with E-state index in [0.717, 1.165) is 26.8 Å². The van der Waals surface area contributed by atoms with Gasteiger partial charge in [0.1, 0.15) is 0 Å². The van der Waals surface area contributed by atoms with Crippen molar-refractivity contribution in [1.82, 2.24) is 4.98 Å². The second kappa shape index (κ2) is 7.44. The molecule has 0 unspecified atom stereocenters. The van der Waals surface area contributed by atoms with Crippen molar-refractivity contribution in [3.63, 3.8) is 0 Å². The molecule has 0 aliphatic heterocycles. The number of carbonyl (C=O) groups excluding carboxylic acids is 1. The Kier molecular flexibility index (Phi) is 5.10. The van der Waals surface area contributed by atoms with E-state index in [-0.39, 0.29) is 5.91 Å². The summed E-state index contributed by atoms with van der Waals surface area (Å²) < 4.78 is 0. The SMILES string of the molecule is Cc1nc(-c2ccc(NC(=O)CSc3ccccc3)cc2)cs1. The van der Waals surface area contributed by atoms with Gasteiger partial charge >= 0.3 is 0 Å². The summed E-state index contributed by atoms with van der Waals surface area (Å²) in [5, 5.41) is 6.01. The minimum atomic E-state index is -0.00361. The maximum absolute atomic E-state index is 12.0. The molecule has 2 aromatic carbocycles. The molecule has 0 aliphatic rings. The van der Waals surface area contributed by atoms with Gasteiger partial charge in [-0.1, -0.05) is 30.3 Å². The fourth-order valence-electron chi connectivity index (χ4n) is 2.08. The summed E-state index contributed by atoms with van der Waals surface area (Å²) in [6, 6.07) is 17.7. The number of hydrogen-bond donors (Lipinski definition) is 1. The van der Waals surface area contributed by atoms with Gasteiger partial charge in [0.25, 0.3) is 0 Å². The minimum absolute atomic E-state index is 0.00361. The van der Waals surface area contributed by atoms with Gasteiger partial charge in [0.05, 0.1) is 16.5 Å². The molecule has 0 aliphatic carbocycles. The van der Waals surface area contributed by atoms with Gasteiger partial charge in [-0.05, 0) is 31.2 Å². The van der Waals surface area contributed by atoms with Crippen LogP contribution in [0.25, 0.3) is 11.3 Å². The van der Waals surface area contributed by atoms with Crippen molar-refractivity contribution >= 4 is 34.7 Å². The number of thioether (sulfide) groups is 1. The highest BCUT2D eigenvalue weighted by Gasteiger charge is 2.05. The Bertz CT molecular complexity index is 782. The number of nitrogens with zero attached hydrogens (tertiary/aromatic N) is 1. The number of aryl methyl sites for hydroxylation is 1. The summed E-state index contributed by atoms with van der Waals surface area (Å²) in [5.74, 6) is 0.396. The number of amides is 1. The predicted octanol–water partition coefficient (Wildman–Crippen LogP) is 4.85. The molecule has 23 heavy (non-hydrogen) atoms. The van der Waals surface area contributed by atoms with E-state index in [1.54, 1.807) is 11.3 Å². The molecule has 116 valence electrons. The average Bonchev–Trinajstić information content (AvgIpc) is 3.01. The molecule has 0 saturated heterocycles. The fraction of sp³-hybridized carbons (Fsp3) is 0.111. The summed E-state index contributed by atoms with van der Waals surface area (Å²) in [4.78, 5) is 17.6. The van der Waals surface area contributed by atoms with Crippen molar-refractivity contribution in [3.8, 4) is 11.3 Å². The number of carbonyl (C=O) groups is 1. The number of aromatic nitrogens is 1. The summed E-state index contributed by atoms with van der Waals surface area (Å²) in [7, 11) is 0. The summed E-state index contributed by atoms with van der Waals surface area (Å²) in [6.45, 7) is 1.99. The highest BCUT2D eigenvalue weighted by atomic mass is 32.2. The molecule has 3 aromatic rings. The molecule has 0 saturated carbocycles. The smallest absolute Gasteiger partial charge is 0.234 e. The highest BCUT2D eigenvalue weighted by Crippen LogP contribution is 2.23. The van der Waals surface area contributed by atoms with Gasteiger partial charge in [0, 0.05) is 21.5 Å². The first-order valence-electron chi connectivity index (χ1n) is 7.21. The number of thiazole rings is 1. The number of hydrogen-bond acceptors (Lipinski definition) is 4. The van der Waals surface area contributed by atoms with Crippen molar-refractivity contribution < 1.29 is 4.79 Å². The normalized spacial score (nSPS) is 10.5. The topological polar surface area (TPSA) is 42.0 Å². The van der Waals surface area contributed by atoms with Crippen molar-refractivity contribution in [2.75, 3.05) is 11.1 Å². The lowest BCUT2D eigenvalue weighted by molar-refractivity contribution is -0.113. The van der Waals surface area contributed by atoms with E-state index < -0.39 is 0 Å². The molecule has 3 nitrogen and oxygen atoms in total. The third kappa shape index (κ3) is 4.43. The van der Waals surface area contributed by atoms with Crippen LogP contribution < -0.4 is 5.32 Å². The molecular weight excluding hydrogens is 324 g/mol. The minimum Gasteiger partial charge on any atom is -0.325 e. The zero-order valence-electron chi connectivity index (χ0n) is 12.7. The van der Waals surface area contributed by atoms with Gasteiger partial charge < -0.3 is 5.32 Å². The molecule has 1 N–H and O–H groups in total. The Morgan fingerprint density at radius 1 is 1.13 bits per heavy atom. The van der Waals surface area contributed by atoms with Crippen molar-refractivity contribution in [2.45, 2.75) is 11.8 Å². The fourth-order valence-corrected chi connectivity index (χ4v) is 3.42. The molecule has 0 bridgehead atoms. The van der Waals surface area contributed by atoms with Crippen LogP contribution in [0.15, 0.2) is 64.9 Å². The average molecular weight is 340 g/mol. The molecule has 5 heteroatoms. The van der Waals surface area contributed by atoms with Gasteiger partial charge in [0.2, 0.25) is 5.91 Å². The van der Waals surface area contributed by atoms with Crippen LogP contribution in [0, 0.1) is 6.92 Å². The molecule has 0 atom stereocenters. The van der Waals surface area contributed by atoms with E-state index in [9.17, 15) is 4.79 Å². The zero-order chi connectivity index (χ0) is 16.1. The lowest BCUT2D eigenvalue weighted by Crippen LogP contribution is -2.13. The van der Waals surface area contributed by atoms with E-state index in [1.165, 1.54) is 11.8 Å².